The smallest absolute Gasteiger partial charge is 0.323 e. The van der Waals surface area contributed by atoms with Crippen LogP contribution in [0, 0.1) is 12.7 Å². The van der Waals surface area contributed by atoms with Gasteiger partial charge in [0.15, 0.2) is 11.6 Å². The Labute approximate surface area is 80.2 Å². The average molecular weight is 199 g/mol. The molecule has 0 spiro atoms. The standard InChI is InChI=1S/C8H10FN3O2/c1-5-7(9)8(11-4-10-5)12(2)3-6(13)14/h4H,3H2,1-2H3,(H,13,14). The monoisotopic (exact) mass is 199 g/mol. The van der Waals surface area contributed by atoms with Crippen LogP contribution in [0.4, 0.5) is 10.2 Å². The summed E-state index contributed by atoms with van der Waals surface area (Å²) < 4.78 is 13.3. The maximum absolute atomic E-state index is 13.3. The summed E-state index contributed by atoms with van der Waals surface area (Å²) in [5.41, 5.74) is 0.201. The minimum Gasteiger partial charge on any atom is -0.480 e. The first-order chi connectivity index (χ1) is 6.52. The van der Waals surface area contributed by atoms with Crippen LogP contribution in [-0.2, 0) is 4.79 Å². The van der Waals surface area contributed by atoms with Gasteiger partial charge in [0.2, 0.25) is 0 Å². The number of likely N-dealkylation sites (N-methyl/N-ethyl adjacent to an activating group) is 1. The van der Waals surface area contributed by atoms with Crippen molar-refractivity contribution in [3.05, 3.63) is 17.8 Å². The third kappa shape index (κ3) is 2.15. The molecule has 0 aliphatic carbocycles. The van der Waals surface area contributed by atoms with Crippen LogP contribution in [0.15, 0.2) is 6.33 Å². The fraction of sp³-hybridized carbons (Fsp3) is 0.375. The Morgan fingerprint density at radius 3 is 2.86 bits per heavy atom. The van der Waals surface area contributed by atoms with Crippen LogP contribution in [0.1, 0.15) is 5.69 Å². The van der Waals surface area contributed by atoms with Gasteiger partial charge in [0, 0.05) is 7.05 Å². The minimum atomic E-state index is -1.04. The summed E-state index contributed by atoms with van der Waals surface area (Å²) in [6, 6.07) is 0. The summed E-state index contributed by atoms with van der Waals surface area (Å²) >= 11 is 0. The van der Waals surface area contributed by atoms with Crippen LogP contribution in [0.5, 0.6) is 0 Å². The summed E-state index contributed by atoms with van der Waals surface area (Å²) in [6.07, 6.45) is 1.20. The van der Waals surface area contributed by atoms with Crippen molar-refractivity contribution in [1.82, 2.24) is 9.97 Å². The SMILES string of the molecule is Cc1ncnc(N(C)CC(=O)O)c1F. The van der Waals surface area contributed by atoms with E-state index in [-0.39, 0.29) is 18.1 Å². The highest BCUT2D eigenvalue weighted by Gasteiger charge is 2.13. The van der Waals surface area contributed by atoms with Crippen LogP contribution in [0.2, 0.25) is 0 Å². The van der Waals surface area contributed by atoms with Crippen LogP contribution in [0.3, 0.4) is 0 Å². The average Bonchev–Trinajstić information content (AvgIpc) is 2.08. The highest BCUT2D eigenvalue weighted by atomic mass is 19.1. The van der Waals surface area contributed by atoms with Gasteiger partial charge in [-0.15, -0.1) is 0 Å². The second kappa shape index (κ2) is 3.99. The Bertz CT molecular complexity index is 356. The lowest BCUT2D eigenvalue weighted by Gasteiger charge is -2.15. The number of aromatic nitrogens is 2. The van der Waals surface area contributed by atoms with Gasteiger partial charge in [0.25, 0.3) is 0 Å². The first-order valence-corrected chi connectivity index (χ1v) is 3.92. The van der Waals surface area contributed by atoms with Crippen LogP contribution < -0.4 is 4.90 Å². The largest absolute Gasteiger partial charge is 0.480 e. The number of halogens is 1. The van der Waals surface area contributed by atoms with Gasteiger partial charge < -0.3 is 10.0 Å². The number of aryl methyl sites for hydroxylation is 1. The quantitative estimate of drug-likeness (QED) is 0.765. The van der Waals surface area contributed by atoms with E-state index in [0.29, 0.717) is 0 Å². The lowest BCUT2D eigenvalue weighted by atomic mass is 10.4. The predicted octanol–water partition coefficient (Wildman–Crippen LogP) is 0.445. The lowest BCUT2D eigenvalue weighted by molar-refractivity contribution is -0.135. The van der Waals surface area contributed by atoms with Crippen molar-refractivity contribution >= 4 is 11.8 Å². The van der Waals surface area contributed by atoms with Crippen LogP contribution in [-0.4, -0.2) is 34.6 Å². The third-order valence-corrected chi connectivity index (χ3v) is 1.68. The number of nitrogens with zero attached hydrogens (tertiary/aromatic N) is 3. The van der Waals surface area contributed by atoms with Crippen molar-refractivity contribution in [3.8, 4) is 0 Å². The second-order valence-electron chi connectivity index (χ2n) is 2.85. The van der Waals surface area contributed by atoms with Crippen molar-refractivity contribution in [1.29, 1.82) is 0 Å². The number of carboxylic acids is 1. The van der Waals surface area contributed by atoms with Crippen molar-refractivity contribution in [2.75, 3.05) is 18.5 Å². The molecule has 0 amide bonds. The number of aliphatic carboxylic acids is 1. The number of rotatable bonds is 3. The molecule has 0 saturated heterocycles. The van der Waals surface area contributed by atoms with E-state index in [9.17, 15) is 9.18 Å². The molecule has 1 N–H and O–H groups in total. The van der Waals surface area contributed by atoms with Gasteiger partial charge in [0.05, 0.1) is 5.69 Å². The van der Waals surface area contributed by atoms with E-state index in [0.717, 1.165) is 0 Å². The van der Waals surface area contributed by atoms with Gasteiger partial charge in [-0.25, -0.2) is 14.4 Å². The van der Waals surface area contributed by atoms with Crippen molar-refractivity contribution in [2.24, 2.45) is 0 Å². The topological polar surface area (TPSA) is 66.3 Å². The van der Waals surface area contributed by atoms with E-state index in [1.165, 1.54) is 25.2 Å². The molecule has 14 heavy (non-hydrogen) atoms. The Hall–Kier alpha value is -1.72. The lowest BCUT2D eigenvalue weighted by Crippen LogP contribution is -2.27. The van der Waals surface area contributed by atoms with Gasteiger partial charge in [-0.3, -0.25) is 4.79 Å². The molecule has 1 aromatic heterocycles. The molecular weight excluding hydrogens is 189 g/mol. The molecular formula is C8H10FN3O2. The number of anilines is 1. The molecule has 0 aromatic carbocycles. The summed E-state index contributed by atoms with van der Waals surface area (Å²) in [7, 11) is 1.46. The molecule has 0 aliphatic heterocycles. The van der Waals surface area contributed by atoms with Gasteiger partial charge >= 0.3 is 5.97 Å². The number of hydrogen-bond acceptors (Lipinski definition) is 4. The van der Waals surface area contributed by atoms with Crippen LogP contribution >= 0.6 is 0 Å². The molecule has 0 atom stereocenters. The summed E-state index contributed by atoms with van der Waals surface area (Å²) in [6.45, 7) is 1.20. The molecule has 76 valence electrons. The van der Waals surface area contributed by atoms with E-state index in [2.05, 4.69) is 9.97 Å². The normalized spacial score (nSPS) is 9.93. The van der Waals surface area contributed by atoms with Crippen molar-refractivity contribution < 1.29 is 14.3 Å². The van der Waals surface area contributed by atoms with Crippen molar-refractivity contribution in [2.45, 2.75) is 6.92 Å². The molecule has 0 saturated carbocycles. The molecule has 1 aromatic rings. The Kier molecular flexibility index (Phi) is 2.95. The molecule has 0 bridgehead atoms. The molecule has 0 fully saturated rings. The minimum absolute atomic E-state index is 0.0000926. The molecule has 0 aliphatic rings. The zero-order valence-corrected chi connectivity index (χ0v) is 7.86. The van der Waals surface area contributed by atoms with E-state index in [1.807, 2.05) is 0 Å². The highest BCUT2D eigenvalue weighted by Crippen LogP contribution is 2.15. The maximum Gasteiger partial charge on any atom is 0.323 e. The second-order valence-corrected chi connectivity index (χ2v) is 2.85. The Balaban J connectivity index is 2.95. The van der Waals surface area contributed by atoms with Crippen LogP contribution in [0.25, 0.3) is 0 Å². The van der Waals surface area contributed by atoms with Gasteiger partial charge in [-0.2, -0.15) is 0 Å². The molecule has 0 unspecified atom stereocenters. The maximum atomic E-state index is 13.3. The fourth-order valence-electron chi connectivity index (χ4n) is 0.989. The van der Waals surface area contributed by atoms with E-state index in [4.69, 9.17) is 5.11 Å². The predicted molar refractivity (Wildman–Crippen MR) is 47.6 cm³/mol. The summed E-state index contributed by atoms with van der Waals surface area (Å²) in [4.78, 5) is 18.9. The number of carbonyl (C=O) groups is 1. The third-order valence-electron chi connectivity index (χ3n) is 1.68. The Morgan fingerprint density at radius 2 is 2.29 bits per heavy atom. The van der Waals surface area contributed by atoms with Crippen molar-refractivity contribution in [3.63, 3.8) is 0 Å². The van der Waals surface area contributed by atoms with Gasteiger partial charge in [-0.1, -0.05) is 0 Å². The van der Waals surface area contributed by atoms with E-state index in [1.54, 1.807) is 0 Å². The molecule has 0 radical (unpaired) electrons. The summed E-state index contributed by atoms with van der Waals surface area (Å²) in [5.74, 6) is -1.63. The first-order valence-electron chi connectivity index (χ1n) is 3.92. The first kappa shape index (κ1) is 10.4. The molecule has 5 nitrogen and oxygen atoms in total. The van der Waals surface area contributed by atoms with Gasteiger partial charge in [0.1, 0.15) is 12.9 Å². The molecule has 1 rings (SSSR count). The van der Waals surface area contributed by atoms with E-state index < -0.39 is 11.8 Å². The number of carboxylic acid groups (broad SMARTS) is 1. The van der Waals surface area contributed by atoms with E-state index >= 15 is 0 Å². The Morgan fingerprint density at radius 1 is 1.64 bits per heavy atom. The zero-order valence-electron chi connectivity index (χ0n) is 7.86. The fourth-order valence-corrected chi connectivity index (χ4v) is 0.989. The molecule has 6 heteroatoms. The highest BCUT2D eigenvalue weighted by molar-refractivity contribution is 5.72. The molecule has 1 heterocycles. The number of hydrogen-bond donors (Lipinski definition) is 1. The summed E-state index contributed by atoms with van der Waals surface area (Å²) in [5, 5.41) is 8.50. The zero-order chi connectivity index (χ0) is 10.7. The van der Waals surface area contributed by atoms with Gasteiger partial charge in [-0.05, 0) is 6.92 Å².